The zero-order valence-corrected chi connectivity index (χ0v) is 9.85. The monoisotopic (exact) mass is 246 g/mol. The molecule has 0 atom stereocenters. The lowest BCUT2D eigenvalue weighted by atomic mass is 10.3. The van der Waals surface area contributed by atoms with Gasteiger partial charge in [-0.3, -0.25) is 9.89 Å². The Morgan fingerprint density at radius 2 is 2.50 bits per heavy atom. The lowest BCUT2D eigenvalue weighted by molar-refractivity contribution is -0.121. The summed E-state index contributed by atoms with van der Waals surface area (Å²) in [7, 11) is 0. The van der Waals surface area contributed by atoms with Crippen LogP contribution in [0.4, 0.5) is 0 Å². The Morgan fingerprint density at radius 1 is 1.61 bits per heavy atom. The normalized spacial score (nSPS) is 10.2. The molecule has 0 aliphatic carbocycles. The highest BCUT2D eigenvalue weighted by molar-refractivity contribution is 5.75. The van der Waals surface area contributed by atoms with Crippen LogP contribution in [0, 0.1) is 0 Å². The summed E-state index contributed by atoms with van der Waals surface area (Å²) in [4.78, 5) is 15.6. The Kier molecular flexibility index (Phi) is 3.90. The number of hydrogen-bond acceptors (Lipinski definition) is 4. The third kappa shape index (κ3) is 3.07. The van der Waals surface area contributed by atoms with E-state index in [1.165, 1.54) is 0 Å². The van der Waals surface area contributed by atoms with Crippen LogP contribution >= 0.6 is 0 Å². The summed E-state index contributed by atoms with van der Waals surface area (Å²) in [5.41, 5.74) is 0. The fourth-order valence-electron chi connectivity index (χ4n) is 1.39. The molecular formula is C12H14N4O2. The van der Waals surface area contributed by atoms with E-state index in [0.29, 0.717) is 36.8 Å². The molecule has 18 heavy (non-hydrogen) atoms. The number of rotatable bonds is 6. The van der Waals surface area contributed by atoms with Gasteiger partial charge in [0.05, 0.1) is 12.8 Å². The molecule has 0 aliphatic heterocycles. The molecule has 2 heterocycles. The largest absolute Gasteiger partial charge is 0.461 e. The Morgan fingerprint density at radius 3 is 3.22 bits per heavy atom. The van der Waals surface area contributed by atoms with Gasteiger partial charge >= 0.3 is 0 Å². The minimum atomic E-state index is -0.0363. The molecule has 2 N–H and O–H groups in total. The van der Waals surface area contributed by atoms with E-state index >= 15 is 0 Å². The van der Waals surface area contributed by atoms with Crippen LogP contribution in [0.2, 0.25) is 0 Å². The average molecular weight is 246 g/mol. The molecule has 2 aromatic rings. The second-order valence-corrected chi connectivity index (χ2v) is 3.69. The molecule has 1 amide bonds. The summed E-state index contributed by atoms with van der Waals surface area (Å²) in [5.74, 6) is 1.63. The van der Waals surface area contributed by atoms with Gasteiger partial charge in [-0.25, -0.2) is 4.98 Å². The molecule has 0 unspecified atom stereocenters. The summed E-state index contributed by atoms with van der Waals surface area (Å²) in [6.07, 6.45) is 4.37. The summed E-state index contributed by atoms with van der Waals surface area (Å²) < 4.78 is 5.17. The van der Waals surface area contributed by atoms with Crippen molar-refractivity contribution in [3.63, 3.8) is 0 Å². The highest BCUT2D eigenvalue weighted by Gasteiger charge is 2.08. The van der Waals surface area contributed by atoms with Gasteiger partial charge in [0.15, 0.2) is 5.76 Å². The van der Waals surface area contributed by atoms with Crippen molar-refractivity contribution >= 4 is 5.91 Å². The topological polar surface area (TPSA) is 83.8 Å². The van der Waals surface area contributed by atoms with Gasteiger partial charge in [0.25, 0.3) is 0 Å². The Balaban J connectivity index is 1.87. The summed E-state index contributed by atoms with van der Waals surface area (Å²) in [5, 5.41) is 9.49. The summed E-state index contributed by atoms with van der Waals surface area (Å²) in [6, 6.07) is 3.54. The van der Waals surface area contributed by atoms with Gasteiger partial charge in [0.2, 0.25) is 11.7 Å². The van der Waals surface area contributed by atoms with Gasteiger partial charge in [0, 0.05) is 6.42 Å². The minimum Gasteiger partial charge on any atom is -0.461 e. The second kappa shape index (κ2) is 5.81. The Labute approximate surface area is 104 Å². The van der Waals surface area contributed by atoms with Gasteiger partial charge in [-0.1, -0.05) is 6.08 Å². The number of nitrogens with one attached hydrogen (secondary N) is 2. The highest BCUT2D eigenvalue weighted by atomic mass is 16.3. The highest BCUT2D eigenvalue weighted by Crippen LogP contribution is 2.14. The summed E-state index contributed by atoms with van der Waals surface area (Å²) >= 11 is 0. The number of amides is 1. The van der Waals surface area contributed by atoms with Crippen LogP contribution in [-0.4, -0.2) is 21.1 Å². The predicted octanol–water partition coefficient (Wildman–Crippen LogP) is 1.65. The number of carbonyl (C=O) groups is 1. The first-order valence-corrected chi connectivity index (χ1v) is 5.62. The maximum Gasteiger partial charge on any atom is 0.220 e. The van der Waals surface area contributed by atoms with Crippen LogP contribution < -0.4 is 5.32 Å². The molecule has 0 aliphatic rings. The molecule has 2 rings (SSSR count). The van der Waals surface area contributed by atoms with Crippen molar-refractivity contribution in [2.24, 2.45) is 0 Å². The van der Waals surface area contributed by atoms with Crippen molar-refractivity contribution in [3.8, 4) is 11.6 Å². The number of furan rings is 1. The van der Waals surface area contributed by atoms with Crippen molar-refractivity contribution in [2.75, 3.05) is 0 Å². The zero-order valence-electron chi connectivity index (χ0n) is 9.85. The fourth-order valence-corrected chi connectivity index (χ4v) is 1.39. The average Bonchev–Trinajstić information content (AvgIpc) is 3.03. The third-order valence-electron chi connectivity index (χ3n) is 2.30. The fraction of sp³-hybridized carbons (Fsp3) is 0.250. The van der Waals surface area contributed by atoms with E-state index in [2.05, 4.69) is 27.1 Å². The number of H-pyrrole nitrogens is 1. The number of aromatic amines is 1. The molecule has 2 aromatic heterocycles. The van der Waals surface area contributed by atoms with Crippen molar-refractivity contribution in [1.29, 1.82) is 0 Å². The third-order valence-corrected chi connectivity index (χ3v) is 2.30. The second-order valence-electron chi connectivity index (χ2n) is 3.69. The molecule has 0 fully saturated rings. The van der Waals surface area contributed by atoms with Crippen LogP contribution in [0.15, 0.2) is 35.5 Å². The molecule has 0 spiro atoms. The van der Waals surface area contributed by atoms with Crippen LogP contribution in [0.5, 0.6) is 0 Å². The van der Waals surface area contributed by atoms with Gasteiger partial charge < -0.3 is 9.73 Å². The molecule has 0 bridgehead atoms. The number of carbonyl (C=O) groups excluding carboxylic acids is 1. The minimum absolute atomic E-state index is 0.0363. The molecule has 0 saturated carbocycles. The molecule has 94 valence electrons. The molecule has 0 aromatic carbocycles. The van der Waals surface area contributed by atoms with Crippen LogP contribution in [0.3, 0.4) is 0 Å². The number of aromatic nitrogens is 3. The van der Waals surface area contributed by atoms with Gasteiger partial charge in [-0.05, 0) is 18.6 Å². The first-order chi connectivity index (χ1) is 8.79. The molecular weight excluding hydrogens is 232 g/mol. The molecule has 6 heteroatoms. The predicted molar refractivity (Wildman–Crippen MR) is 65.4 cm³/mol. The van der Waals surface area contributed by atoms with E-state index in [0.717, 1.165) is 0 Å². The first-order valence-electron chi connectivity index (χ1n) is 5.62. The van der Waals surface area contributed by atoms with Crippen molar-refractivity contribution in [3.05, 3.63) is 36.9 Å². The van der Waals surface area contributed by atoms with E-state index in [-0.39, 0.29) is 5.91 Å². The zero-order chi connectivity index (χ0) is 12.8. The van der Waals surface area contributed by atoms with Gasteiger partial charge in [-0.15, -0.1) is 11.7 Å². The van der Waals surface area contributed by atoms with Crippen molar-refractivity contribution in [2.45, 2.75) is 19.4 Å². The van der Waals surface area contributed by atoms with E-state index in [4.69, 9.17) is 4.42 Å². The van der Waals surface area contributed by atoms with Crippen LogP contribution in [-0.2, 0) is 11.3 Å². The smallest absolute Gasteiger partial charge is 0.220 e. The van der Waals surface area contributed by atoms with E-state index in [9.17, 15) is 4.79 Å². The van der Waals surface area contributed by atoms with Gasteiger partial charge in [0.1, 0.15) is 5.82 Å². The lowest BCUT2D eigenvalue weighted by Gasteiger charge is -2.00. The SMILES string of the molecule is C=CCCC(=O)NCc1nc(-c2ccco2)n[nH]1. The van der Waals surface area contributed by atoms with E-state index in [1.54, 1.807) is 24.5 Å². The maximum absolute atomic E-state index is 11.4. The van der Waals surface area contributed by atoms with Gasteiger partial charge in [-0.2, -0.15) is 0 Å². The standard InChI is InChI=1S/C12H14N4O2/c1-2-3-6-11(17)13-8-10-14-12(16-15-10)9-5-4-7-18-9/h2,4-5,7H,1,3,6,8H2,(H,13,17)(H,14,15,16). The van der Waals surface area contributed by atoms with Crippen LogP contribution in [0.1, 0.15) is 18.7 Å². The van der Waals surface area contributed by atoms with Crippen LogP contribution in [0.25, 0.3) is 11.6 Å². The Hall–Kier alpha value is -2.37. The number of nitrogens with zero attached hydrogens (tertiary/aromatic N) is 2. The van der Waals surface area contributed by atoms with E-state index < -0.39 is 0 Å². The maximum atomic E-state index is 11.4. The molecule has 0 radical (unpaired) electrons. The van der Waals surface area contributed by atoms with Crippen molar-refractivity contribution in [1.82, 2.24) is 20.5 Å². The first kappa shape index (κ1) is 12.1. The summed E-state index contributed by atoms with van der Waals surface area (Å²) in [6.45, 7) is 3.89. The molecule has 6 nitrogen and oxygen atoms in total. The van der Waals surface area contributed by atoms with E-state index in [1.807, 2.05) is 0 Å². The number of hydrogen-bond donors (Lipinski definition) is 2. The Bertz CT molecular complexity index is 516. The lowest BCUT2D eigenvalue weighted by Crippen LogP contribution is -2.22. The van der Waals surface area contributed by atoms with Crippen molar-refractivity contribution < 1.29 is 9.21 Å². The quantitative estimate of drug-likeness (QED) is 0.759. The number of allylic oxidation sites excluding steroid dienone is 1. The molecule has 0 saturated heterocycles.